The van der Waals surface area contributed by atoms with Crippen molar-refractivity contribution in [2.75, 3.05) is 46.4 Å². The summed E-state index contributed by atoms with van der Waals surface area (Å²) >= 11 is 0. The number of amides is 2. The third-order valence-electron chi connectivity index (χ3n) is 8.23. The van der Waals surface area contributed by atoms with Crippen molar-refractivity contribution < 1.29 is 28.0 Å². The minimum absolute atomic E-state index is 0.109. The Kier molecular flexibility index (Phi) is 10.2. The van der Waals surface area contributed by atoms with Crippen LogP contribution in [-0.2, 0) is 11.2 Å². The zero-order valence-corrected chi connectivity index (χ0v) is 24.9. The Hall–Kier alpha value is -3.99. The molecule has 3 aromatic rings. The number of methoxy groups -OCH3 is 1. The van der Waals surface area contributed by atoms with Crippen molar-refractivity contribution in [3.8, 4) is 22.9 Å². The van der Waals surface area contributed by atoms with Crippen LogP contribution in [0.15, 0.2) is 47.0 Å². The second-order valence-electron chi connectivity index (χ2n) is 11.3. The molecule has 1 saturated carbocycles. The zero-order valence-electron chi connectivity index (χ0n) is 24.9. The maximum Gasteiger partial charge on any atom is 0.255 e. The first-order chi connectivity index (χ1) is 20.9. The first-order valence-electron chi connectivity index (χ1n) is 15.1. The fourth-order valence-electron chi connectivity index (χ4n) is 5.79. The molecule has 0 unspecified atom stereocenters. The first kappa shape index (κ1) is 30.5. The molecule has 2 aliphatic rings. The van der Waals surface area contributed by atoms with Crippen LogP contribution >= 0.6 is 0 Å². The Bertz CT molecular complexity index is 1380. The minimum Gasteiger partial charge on any atom is -0.496 e. The molecule has 0 spiro atoms. The van der Waals surface area contributed by atoms with Crippen molar-refractivity contribution in [1.29, 1.82) is 0 Å². The largest absolute Gasteiger partial charge is 0.496 e. The van der Waals surface area contributed by atoms with Crippen LogP contribution in [0.3, 0.4) is 0 Å². The predicted molar refractivity (Wildman–Crippen MR) is 158 cm³/mol. The summed E-state index contributed by atoms with van der Waals surface area (Å²) in [5, 5.41) is 6.77. The van der Waals surface area contributed by atoms with E-state index in [-0.39, 0.29) is 17.6 Å². The van der Waals surface area contributed by atoms with Crippen molar-refractivity contribution in [2.45, 2.75) is 51.5 Å². The lowest BCUT2D eigenvalue weighted by atomic mass is 10.0. The number of carbonyl (C=O) groups is 2. The number of benzene rings is 2. The number of para-hydroxylation sites is 1. The van der Waals surface area contributed by atoms with Gasteiger partial charge in [-0.1, -0.05) is 30.1 Å². The van der Waals surface area contributed by atoms with Crippen LogP contribution in [0.1, 0.15) is 55.3 Å². The van der Waals surface area contributed by atoms with E-state index < -0.39 is 11.9 Å². The summed E-state index contributed by atoms with van der Waals surface area (Å²) in [6, 6.07) is 11.0. The van der Waals surface area contributed by atoms with Gasteiger partial charge < -0.3 is 24.2 Å². The Labute approximate surface area is 251 Å². The van der Waals surface area contributed by atoms with E-state index in [2.05, 4.69) is 20.4 Å². The number of carbonyl (C=O) groups excluding carboxylic acids is 2. The summed E-state index contributed by atoms with van der Waals surface area (Å²) in [4.78, 5) is 34.1. The standard InChI is InChI=1S/C32H40FN5O5/c1-22(34-31(39)26-10-5-6-11-28(26)41-2)32(40)38-17-15-37(16-18-38)14-7-19-42-24-12-13-25(27(33)21-24)30-35-29(43-36-30)20-23-8-3-4-9-23/h5-6,10-13,21-23H,3-4,7-9,14-20H2,1-2H3,(H,34,39)/t22-/m1/s1. The van der Waals surface area contributed by atoms with Gasteiger partial charge in [-0.2, -0.15) is 4.98 Å². The van der Waals surface area contributed by atoms with E-state index in [0.717, 1.165) is 32.5 Å². The fraction of sp³-hybridized carbons (Fsp3) is 0.500. The lowest BCUT2D eigenvalue weighted by Gasteiger charge is -2.36. The maximum absolute atomic E-state index is 14.8. The van der Waals surface area contributed by atoms with E-state index in [1.165, 1.54) is 38.9 Å². The van der Waals surface area contributed by atoms with Gasteiger partial charge in [-0.25, -0.2) is 4.39 Å². The smallest absolute Gasteiger partial charge is 0.255 e. The van der Waals surface area contributed by atoms with Crippen molar-refractivity contribution in [3.05, 3.63) is 59.7 Å². The highest BCUT2D eigenvalue weighted by molar-refractivity contribution is 5.99. The number of hydrogen-bond acceptors (Lipinski definition) is 8. The Morgan fingerprint density at radius 1 is 1.12 bits per heavy atom. The van der Waals surface area contributed by atoms with Gasteiger partial charge in [-0.15, -0.1) is 0 Å². The third-order valence-corrected chi connectivity index (χ3v) is 8.23. The molecule has 0 bridgehead atoms. The van der Waals surface area contributed by atoms with Crippen LogP contribution in [0.2, 0.25) is 0 Å². The second kappa shape index (κ2) is 14.5. The normalized spacial score (nSPS) is 16.7. The molecule has 10 nitrogen and oxygen atoms in total. The van der Waals surface area contributed by atoms with Gasteiger partial charge >= 0.3 is 0 Å². The number of aromatic nitrogens is 2. The van der Waals surface area contributed by atoms with E-state index in [0.29, 0.717) is 54.1 Å². The average Bonchev–Trinajstić information content (AvgIpc) is 3.72. The average molecular weight is 594 g/mol. The van der Waals surface area contributed by atoms with Gasteiger partial charge in [0.25, 0.3) is 5.91 Å². The number of hydrogen-bond donors (Lipinski definition) is 1. The SMILES string of the molecule is COc1ccccc1C(=O)N[C@H](C)C(=O)N1CCN(CCCOc2ccc(-c3noc(CC4CCCC4)n3)c(F)c2)CC1. The molecule has 5 rings (SSSR count). The molecule has 2 amide bonds. The highest BCUT2D eigenvalue weighted by Gasteiger charge is 2.27. The molecule has 1 aromatic heterocycles. The van der Waals surface area contributed by atoms with Crippen molar-refractivity contribution in [3.63, 3.8) is 0 Å². The lowest BCUT2D eigenvalue weighted by molar-refractivity contribution is -0.134. The van der Waals surface area contributed by atoms with Gasteiger partial charge in [0.05, 0.1) is 24.8 Å². The maximum atomic E-state index is 14.8. The molecule has 1 aliphatic carbocycles. The first-order valence-corrected chi connectivity index (χ1v) is 15.1. The van der Waals surface area contributed by atoms with Gasteiger partial charge in [-0.3, -0.25) is 14.5 Å². The summed E-state index contributed by atoms with van der Waals surface area (Å²) in [6.45, 7) is 5.57. The van der Waals surface area contributed by atoms with Gasteiger partial charge in [0.2, 0.25) is 17.6 Å². The summed E-state index contributed by atoms with van der Waals surface area (Å²) < 4.78 is 31.2. The number of piperazine rings is 1. The Morgan fingerprint density at radius 2 is 1.88 bits per heavy atom. The monoisotopic (exact) mass is 593 g/mol. The van der Waals surface area contributed by atoms with Crippen molar-refractivity contribution in [1.82, 2.24) is 25.3 Å². The fourth-order valence-corrected chi connectivity index (χ4v) is 5.79. The Balaban J connectivity index is 1.01. The quantitative estimate of drug-likeness (QED) is 0.309. The molecule has 43 heavy (non-hydrogen) atoms. The van der Waals surface area contributed by atoms with Gasteiger partial charge in [0.1, 0.15) is 23.4 Å². The Morgan fingerprint density at radius 3 is 2.63 bits per heavy atom. The van der Waals surface area contributed by atoms with E-state index in [1.54, 1.807) is 48.2 Å². The molecule has 2 aromatic carbocycles. The van der Waals surface area contributed by atoms with E-state index in [4.69, 9.17) is 14.0 Å². The topological polar surface area (TPSA) is 110 Å². The summed E-state index contributed by atoms with van der Waals surface area (Å²) in [7, 11) is 1.51. The molecule has 1 aliphatic heterocycles. The van der Waals surface area contributed by atoms with Crippen LogP contribution in [0, 0.1) is 11.7 Å². The van der Waals surface area contributed by atoms with Crippen LogP contribution in [0.4, 0.5) is 4.39 Å². The highest BCUT2D eigenvalue weighted by Crippen LogP contribution is 2.29. The summed E-state index contributed by atoms with van der Waals surface area (Å²) in [5.41, 5.74) is 0.695. The lowest BCUT2D eigenvalue weighted by Crippen LogP contribution is -2.54. The molecule has 0 radical (unpaired) electrons. The number of nitrogens with one attached hydrogen (secondary N) is 1. The van der Waals surface area contributed by atoms with Crippen LogP contribution < -0.4 is 14.8 Å². The summed E-state index contributed by atoms with van der Waals surface area (Å²) in [5.74, 6) is 1.43. The molecule has 11 heteroatoms. The molecule has 230 valence electrons. The minimum atomic E-state index is -0.650. The zero-order chi connectivity index (χ0) is 30.2. The van der Waals surface area contributed by atoms with Crippen molar-refractivity contribution >= 4 is 11.8 Å². The van der Waals surface area contributed by atoms with Crippen LogP contribution in [-0.4, -0.2) is 84.2 Å². The van der Waals surface area contributed by atoms with Crippen molar-refractivity contribution in [2.24, 2.45) is 5.92 Å². The van der Waals surface area contributed by atoms with Crippen LogP contribution in [0.5, 0.6) is 11.5 Å². The predicted octanol–water partition coefficient (Wildman–Crippen LogP) is 4.35. The molecular formula is C32H40FN5O5. The molecule has 1 saturated heterocycles. The molecule has 1 N–H and O–H groups in total. The molecular weight excluding hydrogens is 553 g/mol. The number of rotatable bonds is 12. The van der Waals surface area contributed by atoms with E-state index in [9.17, 15) is 14.0 Å². The molecule has 2 fully saturated rings. The van der Waals surface area contributed by atoms with E-state index in [1.807, 2.05) is 0 Å². The number of halogens is 1. The molecule has 2 heterocycles. The van der Waals surface area contributed by atoms with Gasteiger partial charge in [0.15, 0.2) is 0 Å². The van der Waals surface area contributed by atoms with Gasteiger partial charge in [-0.05, 0) is 56.4 Å². The number of nitrogens with zero attached hydrogens (tertiary/aromatic N) is 4. The summed E-state index contributed by atoms with van der Waals surface area (Å²) in [6.07, 6.45) is 6.36. The third kappa shape index (κ3) is 7.90. The van der Waals surface area contributed by atoms with Gasteiger partial charge in [0, 0.05) is 45.2 Å². The van der Waals surface area contributed by atoms with E-state index >= 15 is 0 Å². The highest BCUT2D eigenvalue weighted by atomic mass is 19.1. The van der Waals surface area contributed by atoms with Crippen LogP contribution in [0.25, 0.3) is 11.4 Å². The number of ether oxygens (including phenoxy) is 2. The molecule has 1 atom stereocenters. The second-order valence-corrected chi connectivity index (χ2v) is 11.3.